The third-order valence-electron chi connectivity index (χ3n) is 5.29. The molecule has 1 fully saturated rings. The van der Waals surface area contributed by atoms with E-state index in [4.69, 9.17) is 16.3 Å². The van der Waals surface area contributed by atoms with Crippen molar-refractivity contribution in [3.63, 3.8) is 0 Å². The summed E-state index contributed by atoms with van der Waals surface area (Å²) in [5.74, 6) is 0.348. The molecule has 1 amide bonds. The summed E-state index contributed by atoms with van der Waals surface area (Å²) in [5, 5.41) is 1.53. The van der Waals surface area contributed by atoms with E-state index >= 15 is 0 Å². The molecule has 4 rings (SSSR count). The van der Waals surface area contributed by atoms with Crippen LogP contribution in [0.25, 0.3) is 10.9 Å². The fraction of sp³-hybridized carbons (Fsp3) is 0.273. The standard InChI is InChI=1S/C22H22ClN3O3/c1-24-18-8-4-2-6-16(18)20(14-21(24)27)29-15-22(28)26-12-10-25(11-13-26)19-9-5-3-7-17(19)23/h2-9,14H,10-13,15H2,1H3. The molecule has 0 spiro atoms. The van der Waals surface area contributed by atoms with Crippen LogP contribution in [0.5, 0.6) is 5.75 Å². The lowest BCUT2D eigenvalue weighted by Crippen LogP contribution is -2.50. The molecule has 1 aliphatic heterocycles. The van der Waals surface area contributed by atoms with E-state index in [0.717, 1.165) is 16.6 Å². The highest BCUT2D eigenvalue weighted by molar-refractivity contribution is 6.33. The lowest BCUT2D eigenvalue weighted by molar-refractivity contribution is -0.133. The van der Waals surface area contributed by atoms with Crippen LogP contribution in [0.1, 0.15) is 0 Å². The first-order valence-corrected chi connectivity index (χ1v) is 9.91. The highest BCUT2D eigenvalue weighted by atomic mass is 35.5. The van der Waals surface area contributed by atoms with Crippen LogP contribution in [0.2, 0.25) is 5.02 Å². The van der Waals surface area contributed by atoms with Gasteiger partial charge in [0.25, 0.3) is 11.5 Å². The molecular formula is C22H22ClN3O3. The normalized spacial score (nSPS) is 14.3. The highest BCUT2D eigenvalue weighted by Gasteiger charge is 2.23. The van der Waals surface area contributed by atoms with E-state index in [1.807, 2.05) is 48.5 Å². The van der Waals surface area contributed by atoms with Crippen LogP contribution in [0.4, 0.5) is 5.69 Å². The van der Waals surface area contributed by atoms with Crippen LogP contribution < -0.4 is 15.2 Å². The number of aromatic nitrogens is 1. The van der Waals surface area contributed by atoms with E-state index in [-0.39, 0.29) is 18.1 Å². The Bertz CT molecular complexity index is 1100. The second-order valence-electron chi connectivity index (χ2n) is 7.03. The van der Waals surface area contributed by atoms with Crippen molar-refractivity contribution in [3.05, 3.63) is 70.0 Å². The molecule has 6 nitrogen and oxygen atoms in total. The first-order valence-electron chi connectivity index (χ1n) is 9.53. The number of amides is 1. The number of carbonyl (C=O) groups excluding carboxylic acids is 1. The fourth-order valence-electron chi connectivity index (χ4n) is 3.64. The van der Waals surface area contributed by atoms with Gasteiger partial charge in [-0.05, 0) is 24.3 Å². The molecule has 2 aromatic carbocycles. The average molecular weight is 412 g/mol. The number of aryl methyl sites for hydroxylation is 1. The maximum atomic E-state index is 12.6. The third kappa shape index (κ3) is 3.93. The summed E-state index contributed by atoms with van der Waals surface area (Å²) in [6.07, 6.45) is 0. The molecule has 0 radical (unpaired) electrons. The fourth-order valence-corrected chi connectivity index (χ4v) is 3.89. The molecule has 1 aromatic heterocycles. The Hall–Kier alpha value is -2.99. The molecule has 0 unspecified atom stereocenters. The number of carbonyl (C=O) groups is 1. The van der Waals surface area contributed by atoms with Crippen LogP contribution >= 0.6 is 11.6 Å². The number of halogens is 1. The van der Waals surface area contributed by atoms with Crippen molar-refractivity contribution in [2.24, 2.45) is 7.05 Å². The number of hydrogen-bond acceptors (Lipinski definition) is 4. The lowest BCUT2D eigenvalue weighted by atomic mass is 10.2. The first-order chi connectivity index (χ1) is 14.0. The minimum atomic E-state index is -0.167. The van der Waals surface area contributed by atoms with Crippen molar-refractivity contribution in [1.29, 1.82) is 0 Å². The average Bonchev–Trinajstić information content (AvgIpc) is 2.75. The van der Waals surface area contributed by atoms with Gasteiger partial charge < -0.3 is 19.1 Å². The zero-order valence-electron chi connectivity index (χ0n) is 16.2. The van der Waals surface area contributed by atoms with Crippen molar-refractivity contribution in [2.75, 3.05) is 37.7 Å². The number of hydrogen-bond donors (Lipinski definition) is 0. The lowest BCUT2D eigenvalue weighted by Gasteiger charge is -2.36. The van der Waals surface area contributed by atoms with Crippen LogP contribution in [0, 0.1) is 0 Å². The second kappa shape index (κ2) is 8.17. The van der Waals surface area contributed by atoms with Gasteiger partial charge in [0.2, 0.25) is 0 Å². The van der Waals surface area contributed by atoms with Crippen molar-refractivity contribution in [2.45, 2.75) is 0 Å². The molecule has 1 aliphatic rings. The predicted octanol–water partition coefficient (Wildman–Crippen LogP) is 2.92. The number of anilines is 1. The molecule has 0 bridgehead atoms. The molecule has 29 heavy (non-hydrogen) atoms. The Morgan fingerprint density at radius 1 is 1.03 bits per heavy atom. The van der Waals surface area contributed by atoms with E-state index in [1.54, 1.807) is 16.5 Å². The molecule has 7 heteroatoms. The number of nitrogens with zero attached hydrogens (tertiary/aromatic N) is 3. The largest absolute Gasteiger partial charge is 0.483 e. The van der Waals surface area contributed by atoms with Crippen LogP contribution in [0.3, 0.4) is 0 Å². The van der Waals surface area contributed by atoms with E-state index in [0.29, 0.717) is 37.0 Å². The summed E-state index contributed by atoms with van der Waals surface area (Å²) in [6, 6.07) is 16.7. The molecular weight excluding hydrogens is 390 g/mol. The van der Waals surface area contributed by atoms with E-state index in [1.165, 1.54) is 6.07 Å². The van der Waals surface area contributed by atoms with Gasteiger partial charge in [0.15, 0.2) is 6.61 Å². The first kappa shape index (κ1) is 19.3. The monoisotopic (exact) mass is 411 g/mol. The van der Waals surface area contributed by atoms with Crippen molar-refractivity contribution in [3.8, 4) is 5.75 Å². The van der Waals surface area contributed by atoms with Gasteiger partial charge in [0.1, 0.15) is 5.75 Å². The Labute approximate surface area is 173 Å². The molecule has 1 saturated heterocycles. The number of fused-ring (bicyclic) bond motifs is 1. The maximum absolute atomic E-state index is 12.6. The van der Waals surface area contributed by atoms with Gasteiger partial charge in [0.05, 0.1) is 16.2 Å². The van der Waals surface area contributed by atoms with Crippen molar-refractivity contribution in [1.82, 2.24) is 9.47 Å². The summed E-state index contributed by atoms with van der Waals surface area (Å²) < 4.78 is 7.33. The Kier molecular flexibility index (Phi) is 5.45. The topological polar surface area (TPSA) is 54.8 Å². The second-order valence-corrected chi connectivity index (χ2v) is 7.44. The van der Waals surface area contributed by atoms with Crippen molar-refractivity contribution >= 4 is 34.1 Å². The predicted molar refractivity (Wildman–Crippen MR) is 115 cm³/mol. The zero-order chi connectivity index (χ0) is 20.4. The van der Waals surface area contributed by atoms with E-state index < -0.39 is 0 Å². The van der Waals surface area contributed by atoms with Crippen molar-refractivity contribution < 1.29 is 9.53 Å². The molecule has 0 N–H and O–H groups in total. The van der Waals surface area contributed by atoms with Gasteiger partial charge in [-0.3, -0.25) is 9.59 Å². The number of para-hydroxylation sites is 2. The molecule has 2 heterocycles. The molecule has 0 atom stereocenters. The molecule has 0 aliphatic carbocycles. The number of ether oxygens (including phenoxy) is 1. The van der Waals surface area contributed by atoms with Gasteiger partial charge >= 0.3 is 0 Å². The summed E-state index contributed by atoms with van der Waals surface area (Å²) in [7, 11) is 1.72. The SMILES string of the molecule is Cn1c(=O)cc(OCC(=O)N2CCN(c3ccccc3Cl)CC2)c2ccccc21. The van der Waals surface area contributed by atoms with Gasteiger partial charge in [-0.25, -0.2) is 0 Å². The van der Waals surface area contributed by atoms with Crippen LogP contribution in [-0.2, 0) is 11.8 Å². The van der Waals surface area contributed by atoms with Crippen LogP contribution in [0.15, 0.2) is 59.4 Å². The van der Waals surface area contributed by atoms with Gasteiger partial charge in [-0.2, -0.15) is 0 Å². The highest BCUT2D eigenvalue weighted by Crippen LogP contribution is 2.26. The zero-order valence-corrected chi connectivity index (χ0v) is 16.9. The minimum Gasteiger partial charge on any atom is -0.483 e. The number of pyridine rings is 1. The molecule has 3 aromatic rings. The summed E-state index contributed by atoms with van der Waals surface area (Å²) in [6.45, 7) is 2.53. The number of rotatable bonds is 4. The molecule has 0 saturated carbocycles. The minimum absolute atomic E-state index is 0.0893. The van der Waals surface area contributed by atoms with E-state index in [2.05, 4.69) is 4.90 Å². The quantitative estimate of drug-likeness (QED) is 0.662. The van der Waals surface area contributed by atoms with Crippen LogP contribution in [-0.4, -0.2) is 48.2 Å². The Balaban J connectivity index is 1.40. The Morgan fingerprint density at radius 2 is 1.72 bits per heavy atom. The summed E-state index contributed by atoms with van der Waals surface area (Å²) in [4.78, 5) is 28.8. The molecule has 150 valence electrons. The van der Waals surface area contributed by atoms with Gasteiger partial charge in [0, 0.05) is 44.7 Å². The van der Waals surface area contributed by atoms with E-state index in [9.17, 15) is 9.59 Å². The smallest absolute Gasteiger partial charge is 0.260 e. The summed E-state index contributed by atoms with van der Waals surface area (Å²) >= 11 is 6.28. The Morgan fingerprint density at radius 3 is 2.48 bits per heavy atom. The van der Waals surface area contributed by atoms with Gasteiger partial charge in [-0.1, -0.05) is 35.9 Å². The number of piperazine rings is 1. The van der Waals surface area contributed by atoms with Gasteiger partial charge in [-0.15, -0.1) is 0 Å². The third-order valence-corrected chi connectivity index (χ3v) is 5.61. The maximum Gasteiger partial charge on any atom is 0.260 e. The summed E-state index contributed by atoms with van der Waals surface area (Å²) in [5.41, 5.74) is 1.60. The number of benzene rings is 2.